The molecule has 0 bridgehead atoms. The Bertz CT molecular complexity index is 1060. The number of nitrogens with one attached hydrogen (secondary N) is 1. The van der Waals surface area contributed by atoms with E-state index in [0.717, 1.165) is 12.8 Å². The Morgan fingerprint density at radius 2 is 1.83 bits per heavy atom. The number of nitrogens with two attached hydrogens (primary N) is 1. The Labute approximate surface area is 211 Å². The zero-order valence-electron chi connectivity index (χ0n) is 20.3. The molecule has 1 aliphatic rings. The third-order valence-electron chi connectivity index (χ3n) is 5.73. The van der Waals surface area contributed by atoms with E-state index in [0.29, 0.717) is 31.2 Å². The average Bonchev–Trinajstić information content (AvgIpc) is 2.81. The van der Waals surface area contributed by atoms with E-state index in [9.17, 15) is 14.0 Å². The number of esters is 1. The first-order chi connectivity index (χ1) is 16.5. The minimum atomic E-state index is -0.696. The van der Waals surface area contributed by atoms with Gasteiger partial charge in [0.2, 0.25) is 5.91 Å². The van der Waals surface area contributed by atoms with Crippen molar-refractivity contribution in [2.45, 2.75) is 54.1 Å². The number of hydrogen-bond donors (Lipinski definition) is 2. The number of hydrogen-bond acceptors (Lipinski definition) is 7. The van der Waals surface area contributed by atoms with Crippen LogP contribution in [0.2, 0.25) is 0 Å². The van der Waals surface area contributed by atoms with Gasteiger partial charge < -0.3 is 20.1 Å². The van der Waals surface area contributed by atoms with Crippen LogP contribution in [0, 0.1) is 22.6 Å². The van der Waals surface area contributed by atoms with Crippen LogP contribution in [0.1, 0.15) is 53.0 Å². The van der Waals surface area contributed by atoms with Gasteiger partial charge in [-0.25, -0.2) is 14.4 Å². The molecular weight excluding hydrogens is 465 g/mol. The van der Waals surface area contributed by atoms with E-state index < -0.39 is 11.8 Å². The topological polar surface area (TPSA) is 131 Å². The highest BCUT2D eigenvalue weighted by Gasteiger charge is 2.30. The van der Waals surface area contributed by atoms with Crippen molar-refractivity contribution < 1.29 is 23.5 Å². The zero-order chi connectivity index (χ0) is 25.6. The molecule has 1 aromatic carbocycles. The molecule has 0 spiro atoms. The van der Waals surface area contributed by atoms with Crippen molar-refractivity contribution in [3.63, 3.8) is 0 Å². The highest BCUT2D eigenvalue weighted by molar-refractivity contribution is 5.94. The molecule has 0 radical (unpaired) electrons. The summed E-state index contributed by atoms with van der Waals surface area (Å²) in [5, 5.41) is 7.11. The van der Waals surface area contributed by atoms with E-state index in [1.54, 1.807) is 12.1 Å². The number of carbonyl (C=O) groups is 2. The molecule has 0 aliphatic carbocycles. The molecule has 1 amide bonds. The van der Waals surface area contributed by atoms with Crippen LogP contribution in [0.25, 0.3) is 11.1 Å². The molecule has 2 heterocycles. The molecule has 36 heavy (non-hydrogen) atoms. The van der Waals surface area contributed by atoms with Crippen molar-refractivity contribution in [1.82, 2.24) is 14.9 Å². The van der Waals surface area contributed by atoms with Crippen LogP contribution in [0.5, 0.6) is 6.01 Å². The Kier molecular flexibility index (Phi) is 9.89. The molecule has 10 heteroatoms. The smallest absolute Gasteiger partial charge is 0.316 e. The lowest BCUT2D eigenvalue weighted by Gasteiger charge is -2.35. The van der Waals surface area contributed by atoms with E-state index in [2.05, 4.69) is 9.97 Å². The predicted molar refractivity (Wildman–Crippen MR) is 135 cm³/mol. The Morgan fingerprint density at radius 1 is 1.19 bits per heavy atom. The van der Waals surface area contributed by atoms with Gasteiger partial charge in [-0.15, -0.1) is 0 Å². The minimum Gasteiger partial charge on any atom is -0.463 e. The highest BCUT2D eigenvalue weighted by atomic mass is 19.1. The van der Waals surface area contributed by atoms with Crippen LogP contribution in [-0.2, 0) is 20.9 Å². The molecule has 2 aromatic rings. The second-order valence-electron chi connectivity index (χ2n) is 9.69. The monoisotopic (exact) mass is 501 g/mol. The number of piperidine rings is 1. The number of aromatic nitrogens is 2. The van der Waals surface area contributed by atoms with Gasteiger partial charge in [0.05, 0.1) is 6.61 Å². The lowest BCUT2D eigenvalue weighted by Crippen LogP contribution is -2.44. The molecule has 196 valence electrons. The van der Waals surface area contributed by atoms with E-state index in [-0.39, 0.29) is 54.7 Å². The maximum Gasteiger partial charge on any atom is 0.316 e. The second-order valence-corrected chi connectivity index (χ2v) is 9.69. The first-order valence-electron chi connectivity index (χ1n) is 11.5. The molecule has 3 rings (SSSR count). The fourth-order valence-corrected chi connectivity index (χ4v) is 3.78. The third-order valence-corrected chi connectivity index (χ3v) is 5.73. The van der Waals surface area contributed by atoms with Gasteiger partial charge in [-0.1, -0.05) is 46.4 Å². The number of rotatable bonds is 8. The Morgan fingerprint density at radius 3 is 2.42 bits per heavy atom. The Balaban J connectivity index is 0.00000456. The summed E-state index contributed by atoms with van der Waals surface area (Å²) in [5.41, 5.74) is 5.71. The number of nitrogens with zero attached hydrogens (tertiary/aromatic N) is 3. The van der Waals surface area contributed by atoms with Crippen LogP contribution < -0.4 is 10.5 Å². The number of benzene rings is 1. The molecule has 1 aromatic heterocycles. The molecule has 0 atom stereocenters. The SMILES string of the molecule is C.CC(C)(C)C(=O)N1CCC(COc2ncc(-c3cccc(COC(=O)CC(=N)N)c3F)cn2)CC1. The van der Waals surface area contributed by atoms with Gasteiger partial charge in [0.1, 0.15) is 24.7 Å². The molecule has 0 saturated carbocycles. The summed E-state index contributed by atoms with van der Waals surface area (Å²) in [4.78, 5) is 34.3. The lowest BCUT2D eigenvalue weighted by atomic mass is 9.91. The zero-order valence-corrected chi connectivity index (χ0v) is 20.3. The molecule has 0 unspecified atom stereocenters. The third kappa shape index (κ3) is 7.73. The average molecular weight is 502 g/mol. The fraction of sp³-hybridized carbons (Fsp3) is 0.500. The summed E-state index contributed by atoms with van der Waals surface area (Å²) >= 11 is 0. The second kappa shape index (κ2) is 12.4. The van der Waals surface area contributed by atoms with E-state index >= 15 is 0 Å². The lowest BCUT2D eigenvalue weighted by molar-refractivity contribution is -0.143. The van der Waals surface area contributed by atoms with Gasteiger partial charge in [0, 0.05) is 47.6 Å². The summed E-state index contributed by atoms with van der Waals surface area (Å²) in [6, 6.07) is 4.95. The largest absolute Gasteiger partial charge is 0.463 e. The quantitative estimate of drug-likeness (QED) is 0.318. The van der Waals surface area contributed by atoms with Crippen LogP contribution >= 0.6 is 0 Å². The highest BCUT2D eigenvalue weighted by Crippen LogP contribution is 2.26. The number of halogens is 1. The summed E-state index contributed by atoms with van der Waals surface area (Å²) in [7, 11) is 0. The number of likely N-dealkylation sites (tertiary alicyclic amines) is 1. The van der Waals surface area contributed by atoms with Crippen molar-refractivity contribution in [2.75, 3.05) is 19.7 Å². The van der Waals surface area contributed by atoms with Crippen molar-refractivity contribution in [3.05, 3.63) is 42.0 Å². The summed E-state index contributed by atoms with van der Waals surface area (Å²) < 4.78 is 25.7. The van der Waals surface area contributed by atoms with Crippen molar-refractivity contribution in [2.24, 2.45) is 17.1 Å². The maximum atomic E-state index is 15.0. The molecule has 3 N–H and O–H groups in total. The van der Waals surface area contributed by atoms with Crippen LogP contribution in [0.4, 0.5) is 4.39 Å². The van der Waals surface area contributed by atoms with E-state index in [1.165, 1.54) is 18.5 Å². The van der Waals surface area contributed by atoms with Crippen LogP contribution in [0.3, 0.4) is 0 Å². The number of ether oxygens (including phenoxy) is 2. The van der Waals surface area contributed by atoms with Gasteiger partial charge in [-0.3, -0.25) is 15.0 Å². The molecule has 9 nitrogen and oxygen atoms in total. The first-order valence-corrected chi connectivity index (χ1v) is 11.5. The van der Waals surface area contributed by atoms with Crippen molar-refractivity contribution in [1.29, 1.82) is 5.41 Å². The molecular formula is C26H36FN5O4. The maximum absolute atomic E-state index is 15.0. The summed E-state index contributed by atoms with van der Waals surface area (Å²) in [6.07, 6.45) is 4.34. The summed E-state index contributed by atoms with van der Waals surface area (Å²) in [5.74, 6) is -1.08. The van der Waals surface area contributed by atoms with Crippen molar-refractivity contribution >= 4 is 17.7 Å². The van der Waals surface area contributed by atoms with Gasteiger partial charge in [0.25, 0.3) is 0 Å². The number of amides is 1. The van der Waals surface area contributed by atoms with Crippen LogP contribution in [0.15, 0.2) is 30.6 Å². The van der Waals surface area contributed by atoms with Gasteiger partial charge in [-0.2, -0.15) is 0 Å². The van der Waals surface area contributed by atoms with Gasteiger partial charge in [0.15, 0.2) is 0 Å². The predicted octanol–water partition coefficient (Wildman–Crippen LogP) is 3.95. The molecule has 1 fully saturated rings. The minimum absolute atomic E-state index is 0. The molecule has 1 aliphatic heterocycles. The van der Waals surface area contributed by atoms with Crippen molar-refractivity contribution in [3.8, 4) is 17.1 Å². The summed E-state index contributed by atoms with van der Waals surface area (Å²) in [6.45, 7) is 7.39. The Hall–Kier alpha value is -3.56. The van der Waals surface area contributed by atoms with Gasteiger partial charge >= 0.3 is 12.0 Å². The van der Waals surface area contributed by atoms with E-state index in [4.69, 9.17) is 20.6 Å². The fourth-order valence-electron chi connectivity index (χ4n) is 3.78. The normalized spacial score (nSPS) is 14.1. The number of carbonyl (C=O) groups excluding carboxylic acids is 2. The first kappa shape index (κ1) is 28.7. The van der Waals surface area contributed by atoms with Crippen LogP contribution in [-0.4, -0.2) is 52.3 Å². The van der Waals surface area contributed by atoms with E-state index in [1.807, 2.05) is 25.7 Å². The standard InChI is InChI=1S/C25H32FN5O4.CH4/c1-25(2,3)23(33)31-9-7-16(8-10-31)14-35-24-29-12-18(13-30-24)19-6-4-5-17(22(19)26)15-34-21(32)11-20(27)28;/h4-6,12-13,16H,7-11,14-15H2,1-3H3,(H3,27,28);1H4. The number of amidine groups is 1. The molecule has 1 saturated heterocycles. The van der Waals surface area contributed by atoms with Gasteiger partial charge in [-0.05, 0) is 18.8 Å².